The Balaban J connectivity index is 3.27. The first-order valence-electron chi connectivity index (χ1n) is 2.88. The highest BCUT2D eigenvalue weighted by atomic mass is 35.5. The summed E-state index contributed by atoms with van der Waals surface area (Å²) < 4.78 is 0. The summed E-state index contributed by atoms with van der Waals surface area (Å²) in [5, 5.41) is 8.96. The number of hydrogen-bond donors (Lipinski definition) is 0. The first kappa shape index (κ1) is 8.32. The van der Waals surface area contributed by atoms with E-state index >= 15 is 0 Å². The van der Waals surface area contributed by atoms with Crippen LogP contribution >= 0.6 is 23.2 Å². The van der Waals surface area contributed by atoms with Crippen LogP contribution in [0.5, 0.6) is 0 Å². The number of halogens is 2. The second kappa shape index (κ2) is 3.56. The van der Waals surface area contributed by atoms with E-state index in [1.54, 1.807) is 0 Å². The highest BCUT2D eigenvalue weighted by Crippen LogP contribution is 2.18. The van der Waals surface area contributed by atoms with Gasteiger partial charge in [-0.05, 0) is 0 Å². The van der Waals surface area contributed by atoms with E-state index in [1.807, 2.05) is 6.07 Å². The number of pyridine rings is 1. The van der Waals surface area contributed by atoms with Gasteiger partial charge in [0.25, 0.3) is 0 Å². The van der Waals surface area contributed by atoms with Crippen LogP contribution in [0.1, 0.15) is 11.1 Å². The summed E-state index contributed by atoms with van der Waals surface area (Å²) in [5.41, 5.74) is 1.08. The minimum atomic E-state index is 0.260. The van der Waals surface area contributed by atoms with Gasteiger partial charge in [0.2, 0.25) is 0 Å². The lowest BCUT2D eigenvalue weighted by Crippen LogP contribution is -1.88. The number of aromatic nitrogens is 1. The van der Waals surface area contributed by atoms with Gasteiger partial charge < -0.3 is 0 Å². The number of nitriles is 1. The Kier molecular flexibility index (Phi) is 2.70. The molecule has 1 aromatic rings. The molecule has 0 saturated carbocycles. The van der Waals surface area contributed by atoms with Crippen LogP contribution < -0.4 is 0 Å². The monoisotopic (exact) mass is 186 g/mol. The van der Waals surface area contributed by atoms with E-state index < -0.39 is 0 Å². The van der Waals surface area contributed by atoms with Crippen LogP contribution in [0, 0.1) is 11.3 Å². The van der Waals surface area contributed by atoms with Crippen molar-refractivity contribution in [2.24, 2.45) is 0 Å². The molecule has 0 spiro atoms. The third kappa shape index (κ3) is 1.62. The standard InChI is InChI=1S/C7H4Cl2N2/c8-1-5-3-11-4-7(9)6(5)2-10/h3-4H,1H2. The lowest BCUT2D eigenvalue weighted by molar-refractivity contribution is 1.22. The predicted octanol–water partition coefficient (Wildman–Crippen LogP) is 2.35. The molecular weight excluding hydrogens is 183 g/mol. The summed E-state index contributed by atoms with van der Waals surface area (Å²) in [7, 11) is 0. The molecule has 0 aliphatic carbocycles. The fourth-order valence-electron chi connectivity index (χ4n) is 0.702. The maximum absolute atomic E-state index is 8.61. The highest BCUT2D eigenvalue weighted by Gasteiger charge is 2.04. The van der Waals surface area contributed by atoms with Crippen molar-refractivity contribution >= 4 is 23.2 Å². The molecule has 0 aliphatic heterocycles. The van der Waals surface area contributed by atoms with E-state index in [-0.39, 0.29) is 5.88 Å². The molecule has 1 aromatic heterocycles. The van der Waals surface area contributed by atoms with Gasteiger partial charge in [0.05, 0.1) is 16.5 Å². The van der Waals surface area contributed by atoms with Crippen molar-refractivity contribution in [2.45, 2.75) is 5.88 Å². The zero-order valence-corrected chi connectivity index (χ0v) is 7.02. The summed E-state index contributed by atoms with van der Waals surface area (Å²) in [4.78, 5) is 3.80. The van der Waals surface area contributed by atoms with Crippen molar-refractivity contribution in [2.75, 3.05) is 0 Å². The van der Waals surface area contributed by atoms with Gasteiger partial charge in [-0.2, -0.15) is 5.26 Å². The fourth-order valence-corrected chi connectivity index (χ4v) is 1.12. The van der Waals surface area contributed by atoms with Gasteiger partial charge >= 0.3 is 0 Å². The Bertz CT molecular complexity index is 304. The zero-order valence-electron chi connectivity index (χ0n) is 5.51. The third-order valence-corrected chi connectivity index (χ3v) is 1.81. The predicted molar refractivity (Wildman–Crippen MR) is 43.5 cm³/mol. The summed E-state index contributed by atoms with van der Waals surface area (Å²) in [6.07, 6.45) is 2.97. The van der Waals surface area contributed by atoms with Gasteiger partial charge in [-0.15, -0.1) is 11.6 Å². The molecule has 0 atom stereocenters. The first-order chi connectivity index (χ1) is 5.29. The maximum Gasteiger partial charge on any atom is 0.101 e. The SMILES string of the molecule is N#Cc1c(Cl)cncc1CCl. The molecule has 0 unspecified atom stereocenters. The van der Waals surface area contributed by atoms with Crippen molar-refractivity contribution in [1.82, 2.24) is 4.98 Å². The maximum atomic E-state index is 8.61. The van der Waals surface area contributed by atoms with Crippen LogP contribution in [0.4, 0.5) is 0 Å². The molecule has 0 saturated heterocycles. The van der Waals surface area contributed by atoms with E-state index in [0.717, 1.165) is 0 Å². The number of hydrogen-bond acceptors (Lipinski definition) is 2. The fraction of sp³-hybridized carbons (Fsp3) is 0.143. The molecule has 0 fully saturated rings. The van der Waals surface area contributed by atoms with Crippen molar-refractivity contribution < 1.29 is 0 Å². The van der Waals surface area contributed by atoms with E-state index in [2.05, 4.69) is 4.98 Å². The van der Waals surface area contributed by atoms with Gasteiger partial charge in [0.1, 0.15) is 6.07 Å². The topological polar surface area (TPSA) is 36.7 Å². The normalized spacial score (nSPS) is 9.18. The van der Waals surface area contributed by atoms with Crippen molar-refractivity contribution in [1.29, 1.82) is 5.26 Å². The van der Waals surface area contributed by atoms with Crippen LogP contribution in [0.2, 0.25) is 5.02 Å². The second-order valence-electron chi connectivity index (χ2n) is 1.90. The lowest BCUT2D eigenvalue weighted by atomic mass is 10.2. The quantitative estimate of drug-likeness (QED) is 0.632. The summed E-state index contributed by atoms with van der Waals surface area (Å²) >= 11 is 11.2. The lowest BCUT2D eigenvalue weighted by Gasteiger charge is -1.98. The second-order valence-corrected chi connectivity index (χ2v) is 2.58. The van der Waals surface area contributed by atoms with Gasteiger partial charge in [-0.3, -0.25) is 4.98 Å². The average molecular weight is 187 g/mol. The Morgan fingerprint density at radius 2 is 2.27 bits per heavy atom. The molecule has 0 aromatic carbocycles. The summed E-state index contributed by atoms with van der Waals surface area (Å²) in [5.74, 6) is 0.260. The molecule has 0 radical (unpaired) electrons. The zero-order chi connectivity index (χ0) is 8.27. The average Bonchev–Trinajstić information content (AvgIpc) is 2.04. The van der Waals surface area contributed by atoms with Gasteiger partial charge in [0, 0.05) is 18.0 Å². The van der Waals surface area contributed by atoms with Crippen LogP contribution in [-0.2, 0) is 5.88 Å². The van der Waals surface area contributed by atoms with E-state index in [1.165, 1.54) is 12.4 Å². The number of nitrogens with zero attached hydrogens (tertiary/aromatic N) is 2. The Morgan fingerprint density at radius 3 is 2.73 bits per heavy atom. The van der Waals surface area contributed by atoms with Crippen LogP contribution in [0.15, 0.2) is 12.4 Å². The molecule has 0 bridgehead atoms. The molecule has 2 nitrogen and oxygen atoms in total. The highest BCUT2D eigenvalue weighted by molar-refractivity contribution is 6.31. The minimum Gasteiger partial charge on any atom is -0.263 e. The Labute approximate surface area is 74.4 Å². The van der Waals surface area contributed by atoms with Crippen molar-refractivity contribution in [3.8, 4) is 6.07 Å². The number of rotatable bonds is 1. The number of alkyl halides is 1. The van der Waals surface area contributed by atoms with E-state index in [0.29, 0.717) is 16.1 Å². The van der Waals surface area contributed by atoms with Crippen LogP contribution in [-0.4, -0.2) is 4.98 Å². The third-order valence-electron chi connectivity index (χ3n) is 1.23. The molecule has 11 heavy (non-hydrogen) atoms. The van der Waals surface area contributed by atoms with Crippen molar-refractivity contribution in [3.63, 3.8) is 0 Å². The molecular formula is C7H4Cl2N2. The van der Waals surface area contributed by atoms with Gasteiger partial charge in [0.15, 0.2) is 0 Å². The smallest absolute Gasteiger partial charge is 0.101 e. The van der Waals surface area contributed by atoms with E-state index in [9.17, 15) is 0 Å². The minimum absolute atomic E-state index is 0.260. The summed E-state index contributed by atoms with van der Waals surface area (Å²) in [6, 6.07) is 1.96. The molecule has 56 valence electrons. The first-order valence-corrected chi connectivity index (χ1v) is 3.79. The van der Waals surface area contributed by atoms with Crippen LogP contribution in [0.3, 0.4) is 0 Å². The molecule has 4 heteroatoms. The van der Waals surface area contributed by atoms with Gasteiger partial charge in [-0.25, -0.2) is 0 Å². The Morgan fingerprint density at radius 1 is 1.55 bits per heavy atom. The largest absolute Gasteiger partial charge is 0.263 e. The summed E-state index contributed by atoms with van der Waals surface area (Å²) in [6.45, 7) is 0. The molecule has 0 aliphatic rings. The molecule has 0 N–H and O–H groups in total. The van der Waals surface area contributed by atoms with Crippen molar-refractivity contribution in [3.05, 3.63) is 28.5 Å². The van der Waals surface area contributed by atoms with Gasteiger partial charge in [-0.1, -0.05) is 11.6 Å². The Hall–Kier alpha value is -0.780. The van der Waals surface area contributed by atoms with Crippen LogP contribution in [0.25, 0.3) is 0 Å². The van der Waals surface area contributed by atoms with E-state index in [4.69, 9.17) is 28.5 Å². The molecule has 1 heterocycles. The molecule has 0 amide bonds. The molecule has 1 rings (SSSR count).